The van der Waals surface area contributed by atoms with E-state index in [4.69, 9.17) is 4.74 Å². The van der Waals surface area contributed by atoms with Crippen LogP contribution in [0.3, 0.4) is 0 Å². The van der Waals surface area contributed by atoms with Crippen molar-refractivity contribution in [1.82, 2.24) is 4.98 Å². The Morgan fingerprint density at radius 1 is 1.09 bits per heavy atom. The van der Waals surface area contributed by atoms with E-state index in [0.29, 0.717) is 29.5 Å². The molecule has 0 unspecified atom stereocenters. The molecular weight excluding hydrogens is 449 g/mol. The van der Waals surface area contributed by atoms with Gasteiger partial charge in [0.1, 0.15) is 4.88 Å². The predicted octanol–water partition coefficient (Wildman–Crippen LogP) is 4.14. The van der Waals surface area contributed by atoms with Gasteiger partial charge in [-0.25, -0.2) is 19.0 Å². The van der Waals surface area contributed by atoms with Crippen LogP contribution in [0.15, 0.2) is 54.7 Å². The quantitative estimate of drug-likeness (QED) is 0.370. The smallest absolute Gasteiger partial charge is 0.355 e. The second kappa shape index (κ2) is 11.2. The number of ether oxygens (including phenoxy) is 2. The van der Waals surface area contributed by atoms with Crippen molar-refractivity contribution < 1.29 is 28.2 Å². The molecule has 33 heavy (non-hydrogen) atoms. The molecule has 0 fully saturated rings. The van der Waals surface area contributed by atoms with Gasteiger partial charge < -0.3 is 19.7 Å². The molecule has 3 rings (SSSR count). The molecule has 0 radical (unpaired) electrons. The summed E-state index contributed by atoms with van der Waals surface area (Å²) in [6, 6.07) is 12.0. The zero-order valence-corrected chi connectivity index (χ0v) is 18.9. The van der Waals surface area contributed by atoms with Gasteiger partial charge in [-0.15, -0.1) is 0 Å². The molecule has 0 aliphatic rings. The van der Waals surface area contributed by atoms with Crippen molar-refractivity contribution in [3.05, 3.63) is 71.0 Å². The summed E-state index contributed by atoms with van der Waals surface area (Å²) < 4.78 is 23.4. The maximum atomic E-state index is 13.7. The van der Waals surface area contributed by atoms with E-state index < -0.39 is 17.8 Å². The number of nitrogens with zero attached hydrogens (tertiary/aromatic N) is 2. The standard InChI is InChI=1S/C23H22FN3O5S/c1-3-27(13-12-20(28)26-16-10-8-15(9-11-16)21(29)31-2)23-25-14-19(33-23)22(30)32-18-7-5-4-6-17(18)24/h4-11,14H,3,12-13H2,1-2H3,(H,26,28). The van der Waals surface area contributed by atoms with Crippen LogP contribution in [-0.2, 0) is 9.53 Å². The van der Waals surface area contributed by atoms with Crippen LogP contribution in [0.4, 0.5) is 15.2 Å². The van der Waals surface area contributed by atoms with E-state index in [2.05, 4.69) is 15.0 Å². The van der Waals surface area contributed by atoms with Crippen LogP contribution in [0.1, 0.15) is 33.4 Å². The third kappa shape index (κ3) is 6.36. The third-order valence-corrected chi connectivity index (χ3v) is 5.62. The van der Waals surface area contributed by atoms with Gasteiger partial charge in [0, 0.05) is 25.2 Å². The predicted molar refractivity (Wildman–Crippen MR) is 122 cm³/mol. The highest BCUT2D eigenvalue weighted by Gasteiger charge is 2.18. The lowest BCUT2D eigenvalue weighted by atomic mass is 10.2. The summed E-state index contributed by atoms with van der Waals surface area (Å²) in [5, 5.41) is 3.32. The number of rotatable bonds is 9. The van der Waals surface area contributed by atoms with Gasteiger partial charge in [0.05, 0.1) is 18.9 Å². The molecule has 0 saturated carbocycles. The van der Waals surface area contributed by atoms with Gasteiger partial charge in [0.15, 0.2) is 16.7 Å². The lowest BCUT2D eigenvalue weighted by molar-refractivity contribution is -0.116. The Balaban J connectivity index is 1.55. The maximum absolute atomic E-state index is 13.7. The number of thiazole rings is 1. The molecule has 1 heterocycles. The van der Waals surface area contributed by atoms with Crippen LogP contribution in [0, 0.1) is 5.82 Å². The summed E-state index contributed by atoms with van der Waals surface area (Å²) >= 11 is 1.10. The van der Waals surface area contributed by atoms with Gasteiger partial charge in [0.25, 0.3) is 0 Å². The van der Waals surface area contributed by atoms with Crippen molar-refractivity contribution in [2.24, 2.45) is 0 Å². The Kier molecular flexibility index (Phi) is 8.09. The number of aromatic nitrogens is 1. The normalized spacial score (nSPS) is 10.4. The van der Waals surface area contributed by atoms with Crippen LogP contribution in [0.2, 0.25) is 0 Å². The number of nitrogens with one attached hydrogen (secondary N) is 1. The van der Waals surface area contributed by atoms with Gasteiger partial charge in [-0.1, -0.05) is 23.5 Å². The van der Waals surface area contributed by atoms with E-state index in [1.165, 1.54) is 31.5 Å². The second-order valence-electron chi connectivity index (χ2n) is 6.77. The first kappa shape index (κ1) is 23.9. The van der Waals surface area contributed by atoms with Gasteiger partial charge in [0.2, 0.25) is 5.91 Å². The Labute approximate surface area is 194 Å². The van der Waals surface area contributed by atoms with E-state index in [-0.39, 0.29) is 23.0 Å². The summed E-state index contributed by atoms with van der Waals surface area (Å²) in [5.41, 5.74) is 0.948. The van der Waals surface area contributed by atoms with Crippen LogP contribution in [0.25, 0.3) is 0 Å². The highest BCUT2D eigenvalue weighted by molar-refractivity contribution is 7.17. The Morgan fingerprint density at radius 3 is 2.48 bits per heavy atom. The molecule has 172 valence electrons. The average Bonchev–Trinajstić information content (AvgIpc) is 3.31. The molecule has 0 aliphatic carbocycles. The molecule has 10 heteroatoms. The number of halogens is 1. The fourth-order valence-corrected chi connectivity index (χ4v) is 3.72. The maximum Gasteiger partial charge on any atom is 0.355 e. The van der Waals surface area contributed by atoms with Gasteiger partial charge >= 0.3 is 11.9 Å². The minimum absolute atomic E-state index is 0.152. The molecule has 8 nitrogen and oxygen atoms in total. The van der Waals surface area contributed by atoms with Crippen molar-refractivity contribution in [3.63, 3.8) is 0 Å². The Hall–Kier alpha value is -3.79. The fourth-order valence-electron chi connectivity index (χ4n) is 2.84. The molecule has 0 atom stereocenters. The third-order valence-electron chi connectivity index (χ3n) is 4.58. The van der Waals surface area contributed by atoms with Gasteiger partial charge in [-0.05, 0) is 43.3 Å². The molecule has 0 aliphatic heterocycles. The number of anilines is 2. The molecule has 1 amide bonds. The zero-order valence-electron chi connectivity index (χ0n) is 18.0. The number of benzene rings is 2. The molecule has 0 bridgehead atoms. The number of hydrogen-bond donors (Lipinski definition) is 1. The topological polar surface area (TPSA) is 97.8 Å². The molecule has 1 N–H and O–H groups in total. The van der Waals surface area contributed by atoms with Crippen molar-refractivity contribution in [3.8, 4) is 5.75 Å². The Morgan fingerprint density at radius 2 is 1.82 bits per heavy atom. The second-order valence-corrected chi connectivity index (χ2v) is 7.78. The first-order valence-corrected chi connectivity index (χ1v) is 10.9. The number of hydrogen-bond acceptors (Lipinski definition) is 8. The van der Waals surface area contributed by atoms with E-state index in [9.17, 15) is 18.8 Å². The van der Waals surface area contributed by atoms with Crippen LogP contribution >= 0.6 is 11.3 Å². The molecule has 3 aromatic rings. The highest BCUT2D eigenvalue weighted by Crippen LogP contribution is 2.25. The average molecular weight is 472 g/mol. The summed E-state index contributed by atoms with van der Waals surface area (Å²) in [5.74, 6) is -2.15. The number of carbonyl (C=O) groups is 3. The first-order valence-electron chi connectivity index (χ1n) is 10.1. The molecular formula is C23H22FN3O5S. The lowest BCUT2D eigenvalue weighted by Crippen LogP contribution is -2.27. The minimum Gasteiger partial charge on any atom is -0.465 e. The zero-order chi connectivity index (χ0) is 23.8. The van der Waals surface area contributed by atoms with Crippen molar-refractivity contribution >= 4 is 40.0 Å². The minimum atomic E-state index is -0.701. The summed E-state index contributed by atoms with van der Waals surface area (Å²) in [6.45, 7) is 2.84. The Bertz CT molecular complexity index is 1130. The van der Waals surface area contributed by atoms with Crippen LogP contribution < -0.4 is 15.0 Å². The SMILES string of the molecule is CCN(CCC(=O)Nc1ccc(C(=O)OC)cc1)c1ncc(C(=O)Oc2ccccc2F)s1. The number of amides is 1. The number of methoxy groups -OCH3 is 1. The summed E-state index contributed by atoms with van der Waals surface area (Å²) in [6.07, 6.45) is 1.55. The van der Waals surface area contributed by atoms with Gasteiger partial charge in [-0.3, -0.25) is 4.79 Å². The molecule has 0 saturated heterocycles. The molecule has 2 aromatic carbocycles. The van der Waals surface area contributed by atoms with E-state index in [1.54, 1.807) is 30.3 Å². The van der Waals surface area contributed by atoms with Gasteiger partial charge in [-0.2, -0.15) is 0 Å². The van der Waals surface area contributed by atoms with E-state index in [1.807, 2.05) is 11.8 Å². The van der Waals surface area contributed by atoms with Crippen molar-refractivity contribution in [2.45, 2.75) is 13.3 Å². The first-order chi connectivity index (χ1) is 15.9. The largest absolute Gasteiger partial charge is 0.465 e. The molecule has 1 aromatic heterocycles. The number of para-hydroxylation sites is 1. The lowest BCUT2D eigenvalue weighted by Gasteiger charge is -2.19. The van der Waals surface area contributed by atoms with E-state index >= 15 is 0 Å². The summed E-state index contributed by atoms with van der Waals surface area (Å²) in [7, 11) is 1.30. The van der Waals surface area contributed by atoms with Crippen LogP contribution in [0.5, 0.6) is 5.75 Å². The monoisotopic (exact) mass is 471 g/mol. The number of carbonyl (C=O) groups excluding carboxylic acids is 3. The highest BCUT2D eigenvalue weighted by atomic mass is 32.1. The molecule has 0 spiro atoms. The van der Waals surface area contributed by atoms with E-state index in [0.717, 1.165) is 11.3 Å². The fraction of sp³-hybridized carbons (Fsp3) is 0.217. The van der Waals surface area contributed by atoms with Crippen molar-refractivity contribution in [2.75, 3.05) is 30.4 Å². The van der Waals surface area contributed by atoms with Crippen molar-refractivity contribution in [1.29, 1.82) is 0 Å². The summed E-state index contributed by atoms with van der Waals surface area (Å²) in [4.78, 5) is 42.4. The number of esters is 2. The van der Waals surface area contributed by atoms with Crippen LogP contribution in [-0.4, -0.2) is 43.0 Å².